The van der Waals surface area contributed by atoms with E-state index in [1.165, 1.54) is 18.2 Å². The minimum Gasteiger partial charge on any atom is -0.478 e. The van der Waals surface area contributed by atoms with E-state index in [2.05, 4.69) is 21.2 Å². The maximum atomic E-state index is 13.0. The summed E-state index contributed by atoms with van der Waals surface area (Å²) >= 11 is 2.99. The molecule has 7 heteroatoms. The number of rotatable bonds is 3. The largest absolute Gasteiger partial charge is 0.478 e. The Kier molecular flexibility index (Phi) is 3.66. The predicted octanol–water partition coefficient (Wildman–Crippen LogP) is 3.13. The maximum Gasteiger partial charge on any atom is 0.338 e. The average Bonchev–Trinajstić information content (AvgIpc) is 2.83. The molecule has 1 heterocycles. The van der Waals surface area contributed by atoms with Crippen LogP contribution in [0.4, 0.5) is 10.1 Å². The predicted molar refractivity (Wildman–Crippen MR) is 67.7 cm³/mol. The Bertz CT molecular complexity index is 653. The molecule has 0 radical (unpaired) electrons. The lowest BCUT2D eigenvalue weighted by molar-refractivity contribution is 0.0696. The SMILES string of the molecule is O=C(O)c1coc(C(=O)Nc2ccc(F)c(Br)c2)c1. The van der Waals surface area contributed by atoms with Gasteiger partial charge in [0.1, 0.15) is 12.1 Å². The molecule has 0 aliphatic carbocycles. The van der Waals surface area contributed by atoms with Crippen molar-refractivity contribution in [2.45, 2.75) is 0 Å². The van der Waals surface area contributed by atoms with E-state index < -0.39 is 17.7 Å². The zero-order valence-corrected chi connectivity index (χ0v) is 10.9. The normalized spacial score (nSPS) is 10.2. The number of amides is 1. The van der Waals surface area contributed by atoms with E-state index in [1.54, 1.807) is 0 Å². The highest BCUT2D eigenvalue weighted by Gasteiger charge is 2.15. The highest BCUT2D eigenvalue weighted by atomic mass is 79.9. The van der Waals surface area contributed by atoms with E-state index in [-0.39, 0.29) is 15.8 Å². The molecule has 1 amide bonds. The number of benzene rings is 1. The van der Waals surface area contributed by atoms with Crippen molar-refractivity contribution in [1.29, 1.82) is 0 Å². The van der Waals surface area contributed by atoms with E-state index >= 15 is 0 Å². The van der Waals surface area contributed by atoms with Crippen molar-refractivity contribution in [3.05, 3.63) is 52.1 Å². The van der Waals surface area contributed by atoms with Crippen molar-refractivity contribution < 1.29 is 23.5 Å². The van der Waals surface area contributed by atoms with Gasteiger partial charge in [-0.25, -0.2) is 9.18 Å². The highest BCUT2D eigenvalue weighted by Crippen LogP contribution is 2.20. The van der Waals surface area contributed by atoms with Gasteiger partial charge in [0.2, 0.25) is 0 Å². The van der Waals surface area contributed by atoms with Crippen LogP contribution in [0, 0.1) is 5.82 Å². The lowest BCUT2D eigenvalue weighted by atomic mass is 10.3. The number of hydrogen-bond acceptors (Lipinski definition) is 3. The maximum absolute atomic E-state index is 13.0. The van der Waals surface area contributed by atoms with Gasteiger partial charge in [-0.15, -0.1) is 0 Å². The fourth-order valence-electron chi connectivity index (χ4n) is 1.33. The van der Waals surface area contributed by atoms with E-state index in [0.717, 1.165) is 12.3 Å². The molecular weight excluding hydrogens is 321 g/mol. The Balaban J connectivity index is 2.15. The van der Waals surface area contributed by atoms with Crippen LogP contribution in [-0.2, 0) is 0 Å². The van der Waals surface area contributed by atoms with Gasteiger partial charge in [0.25, 0.3) is 5.91 Å². The van der Waals surface area contributed by atoms with Crippen LogP contribution in [-0.4, -0.2) is 17.0 Å². The van der Waals surface area contributed by atoms with Gasteiger partial charge in [-0.05, 0) is 34.1 Å². The molecule has 0 saturated heterocycles. The number of anilines is 1. The Hall–Kier alpha value is -2.15. The van der Waals surface area contributed by atoms with Crippen LogP contribution < -0.4 is 5.32 Å². The lowest BCUT2D eigenvalue weighted by Crippen LogP contribution is -2.11. The number of halogens is 2. The molecule has 5 nitrogen and oxygen atoms in total. The summed E-state index contributed by atoms with van der Waals surface area (Å²) in [7, 11) is 0. The molecule has 19 heavy (non-hydrogen) atoms. The minimum absolute atomic E-state index is 0.120. The number of furan rings is 1. The van der Waals surface area contributed by atoms with Crippen LogP contribution in [0.15, 0.2) is 39.4 Å². The topological polar surface area (TPSA) is 79.5 Å². The molecule has 1 aromatic heterocycles. The second kappa shape index (κ2) is 5.23. The Labute approximate surface area is 115 Å². The van der Waals surface area contributed by atoms with Crippen LogP contribution in [0.5, 0.6) is 0 Å². The van der Waals surface area contributed by atoms with Crippen LogP contribution >= 0.6 is 15.9 Å². The molecule has 2 N–H and O–H groups in total. The van der Waals surface area contributed by atoms with E-state index in [1.807, 2.05) is 0 Å². The summed E-state index contributed by atoms with van der Waals surface area (Å²) in [6, 6.07) is 5.05. The second-order valence-corrected chi connectivity index (χ2v) is 4.44. The standard InChI is InChI=1S/C12H7BrFNO4/c13-8-4-7(1-2-9(8)14)15-11(16)10-3-6(5-19-10)12(17)18/h1-5H,(H,15,16)(H,17,18). The number of aromatic carboxylic acids is 1. The summed E-state index contributed by atoms with van der Waals surface area (Å²) in [5, 5.41) is 11.2. The highest BCUT2D eigenvalue weighted by molar-refractivity contribution is 9.10. The number of carboxylic acid groups (broad SMARTS) is 1. The quantitative estimate of drug-likeness (QED) is 0.907. The first-order valence-corrected chi connectivity index (χ1v) is 5.85. The number of nitrogens with one attached hydrogen (secondary N) is 1. The zero-order valence-electron chi connectivity index (χ0n) is 9.31. The number of hydrogen-bond donors (Lipinski definition) is 2. The first kappa shape index (κ1) is 13.3. The van der Waals surface area contributed by atoms with Crippen LogP contribution in [0.3, 0.4) is 0 Å². The third kappa shape index (κ3) is 3.00. The molecular formula is C12H7BrFNO4. The Morgan fingerprint density at radius 2 is 2.05 bits per heavy atom. The summed E-state index contributed by atoms with van der Waals surface area (Å²) < 4.78 is 18.0. The van der Waals surface area contributed by atoms with Crippen molar-refractivity contribution in [3.63, 3.8) is 0 Å². The third-order valence-corrected chi connectivity index (χ3v) is 2.86. The fourth-order valence-corrected chi connectivity index (χ4v) is 1.71. The number of carbonyl (C=O) groups excluding carboxylic acids is 1. The first-order valence-electron chi connectivity index (χ1n) is 5.05. The molecule has 0 saturated carbocycles. The smallest absolute Gasteiger partial charge is 0.338 e. The van der Waals surface area contributed by atoms with Crippen molar-refractivity contribution in [2.75, 3.05) is 5.32 Å². The summed E-state index contributed by atoms with van der Waals surface area (Å²) in [4.78, 5) is 22.4. The molecule has 2 aromatic rings. The molecule has 1 aromatic carbocycles. The minimum atomic E-state index is -1.19. The third-order valence-electron chi connectivity index (χ3n) is 2.25. The Morgan fingerprint density at radius 1 is 1.32 bits per heavy atom. The summed E-state index contributed by atoms with van der Waals surface area (Å²) in [5.41, 5.74) is 0.233. The van der Waals surface area contributed by atoms with Crippen molar-refractivity contribution in [2.24, 2.45) is 0 Å². The molecule has 0 atom stereocenters. The lowest BCUT2D eigenvalue weighted by Gasteiger charge is -2.03. The van der Waals surface area contributed by atoms with Gasteiger partial charge in [0, 0.05) is 11.8 Å². The van der Waals surface area contributed by atoms with Crippen molar-refractivity contribution in [3.8, 4) is 0 Å². The summed E-state index contributed by atoms with van der Waals surface area (Å²) in [6.45, 7) is 0. The van der Waals surface area contributed by atoms with Gasteiger partial charge < -0.3 is 14.8 Å². The molecule has 0 bridgehead atoms. The first-order chi connectivity index (χ1) is 8.97. The summed E-state index contributed by atoms with van der Waals surface area (Å²) in [5.74, 6) is -2.40. The monoisotopic (exact) mass is 327 g/mol. The number of carboxylic acids is 1. The molecule has 0 aliphatic rings. The summed E-state index contributed by atoms with van der Waals surface area (Å²) in [6.07, 6.45) is 0.970. The van der Waals surface area contributed by atoms with Crippen molar-refractivity contribution in [1.82, 2.24) is 0 Å². The van der Waals surface area contributed by atoms with Gasteiger partial charge in [0.15, 0.2) is 5.76 Å². The van der Waals surface area contributed by atoms with E-state index in [4.69, 9.17) is 9.52 Å². The van der Waals surface area contributed by atoms with Crippen LogP contribution in [0.25, 0.3) is 0 Å². The molecule has 98 valence electrons. The molecule has 0 spiro atoms. The van der Waals surface area contributed by atoms with Crippen LogP contribution in [0.1, 0.15) is 20.9 Å². The molecule has 2 rings (SSSR count). The molecule has 0 aliphatic heterocycles. The fraction of sp³-hybridized carbons (Fsp3) is 0. The second-order valence-electron chi connectivity index (χ2n) is 3.59. The van der Waals surface area contributed by atoms with Crippen molar-refractivity contribution >= 4 is 33.5 Å². The molecule has 0 fully saturated rings. The van der Waals surface area contributed by atoms with E-state index in [9.17, 15) is 14.0 Å². The van der Waals surface area contributed by atoms with E-state index in [0.29, 0.717) is 5.69 Å². The van der Waals surface area contributed by atoms with Crippen LogP contribution in [0.2, 0.25) is 0 Å². The van der Waals surface area contributed by atoms with Gasteiger partial charge in [-0.3, -0.25) is 4.79 Å². The van der Waals surface area contributed by atoms with Gasteiger partial charge in [-0.1, -0.05) is 0 Å². The van der Waals surface area contributed by atoms with Gasteiger partial charge >= 0.3 is 5.97 Å². The van der Waals surface area contributed by atoms with Gasteiger partial charge in [0.05, 0.1) is 10.0 Å². The Morgan fingerprint density at radius 3 is 2.63 bits per heavy atom. The average molecular weight is 328 g/mol. The van der Waals surface area contributed by atoms with Gasteiger partial charge in [-0.2, -0.15) is 0 Å². The number of carbonyl (C=O) groups is 2. The molecule has 0 unspecified atom stereocenters. The zero-order chi connectivity index (χ0) is 14.0.